The lowest BCUT2D eigenvalue weighted by atomic mass is 9.95. The molecule has 1 aromatic rings. The molecular formula is C17H23N3O3. The lowest BCUT2D eigenvalue weighted by molar-refractivity contribution is -0.120. The van der Waals surface area contributed by atoms with Crippen molar-refractivity contribution in [1.82, 2.24) is 10.7 Å². The summed E-state index contributed by atoms with van der Waals surface area (Å²) in [7, 11) is 0. The Labute approximate surface area is 136 Å². The lowest BCUT2D eigenvalue weighted by Gasteiger charge is -2.22. The van der Waals surface area contributed by atoms with Crippen LogP contribution in [0.4, 0.5) is 0 Å². The number of hydrogen-bond acceptors (Lipinski definition) is 4. The number of amides is 2. The molecule has 0 atom stereocenters. The van der Waals surface area contributed by atoms with Gasteiger partial charge in [0.25, 0.3) is 5.91 Å². The molecule has 1 aliphatic rings. The third-order valence-corrected chi connectivity index (χ3v) is 3.84. The van der Waals surface area contributed by atoms with Gasteiger partial charge in [-0.2, -0.15) is 5.10 Å². The number of hydrogen-bond donors (Lipinski definition) is 3. The molecule has 1 fully saturated rings. The minimum atomic E-state index is -0.423. The van der Waals surface area contributed by atoms with Gasteiger partial charge in [0.1, 0.15) is 5.75 Å². The molecule has 0 unspecified atom stereocenters. The fourth-order valence-corrected chi connectivity index (χ4v) is 2.66. The molecule has 124 valence electrons. The highest BCUT2D eigenvalue weighted by molar-refractivity contribution is 6.01. The Kier molecular flexibility index (Phi) is 6.14. The first-order valence-electron chi connectivity index (χ1n) is 7.96. The number of rotatable bonds is 5. The molecule has 0 bridgehead atoms. The monoisotopic (exact) mass is 317 g/mol. The number of nitrogens with one attached hydrogen (secondary N) is 2. The number of aromatic hydroxyl groups is 1. The third-order valence-electron chi connectivity index (χ3n) is 3.84. The van der Waals surface area contributed by atoms with Crippen LogP contribution in [-0.4, -0.2) is 28.7 Å². The van der Waals surface area contributed by atoms with Crippen LogP contribution >= 0.6 is 0 Å². The molecule has 0 radical (unpaired) electrons. The van der Waals surface area contributed by atoms with Crippen molar-refractivity contribution in [3.05, 3.63) is 29.8 Å². The van der Waals surface area contributed by atoms with E-state index in [-0.39, 0.29) is 24.1 Å². The second kappa shape index (κ2) is 8.31. The van der Waals surface area contributed by atoms with Crippen LogP contribution in [0, 0.1) is 0 Å². The highest BCUT2D eigenvalue weighted by Gasteiger charge is 2.16. The molecule has 2 rings (SSSR count). The summed E-state index contributed by atoms with van der Waals surface area (Å²) in [5.41, 5.74) is 3.24. The van der Waals surface area contributed by atoms with Crippen LogP contribution in [0.2, 0.25) is 0 Å². The van der Waals surface area contributed by atoms with Crippen molar-refractivity contribution < 1.29 is 14.7 Å². The van der Waals surface area contributed by atoms with Crippen LogP contribution in [-0.2, 0) is 4.79 Å². The molecule has 23 heavy (non-hydrogen) atoms. The number of carbonyl (C=O) groups is 2. The second-order valence-electron chi connectivity index (χ2n) is 5.92. The quantitative estimate of drug-likeness (QED) is 0.575. The SMILES string of the molecule is C/C(CC(=O)NC1CCCCC1)=N/NC(=O)c1cccc(O)c1. The summed E-state index contributed by atoms with van der Waals surface area (Å²) in [5, 5.41) is 16.3. The van der Waals surface area contributed by atoms with Gasteiger partial charge < -0.3 is 10.4 Å². The Balaban J connectivity index is 1.80. The van der Waals surface area contributed by atoms with Crippen molar-refractivity contribution in [2.24, 2.45) is 5.10 Å². The molecule has 0 saturated heterocycles. The summed E-state index contributed by atoms with van der Waals surface area (Å²) >= 11 is 0. The molecule has 1 aromatic carbocycles. The van der Waals surface area contributed by atoms with E-state index >= 15 is 0 Å². The summed E-state index contributed by atoms with van der Waals surface area (Å²) in [4.78, 5) is 23.8. The summed E-state index contributed by atoms with van der Waals surface area (Å²) < 4.78 is 0. The van der Waals surface area contributed by atoms with Crippen molar-refractivity contribution in [2.75, 3.05) is 0 Å². The summed E-state index contributed by atoms with van der Waals surface area (Å²) in [6, 6.07) is 6.27. The van der Waals surface area contributed by atoms with Gasteiger partial charge in [-0.25, -0.2) is 5.43 Å². The molecule has 1 aliphatic carbocycles. The predicted octanol–water partition coefficient (Wildman–Crippen LogP) is 2.34. The van der Waals surface area contributed by atoms with Gasteiger partial charge in [0.2, 0.25) is 5.91 Å². The van der Waals surface area contributed by atoms with E-state index in [1.54, 1.807) is 19.1 Å². The minimum Gasteiger partial charge on any atom is -0.508 e. The van der Waals surface area contributed by atoms with E-state index < -0.39 is 5.91 Å². The number of phenolic OH excluding ortho intramolecular Hbond substituents is 1. The number of hydrazone groups is 1. The number of nitrogens with zero attached hydrogens (tertiary/aromatic N) is 1. The summed E-state index contributed by atoms with van der Waals surface area (Å²) in [5.74, 6) is -0.470. The zero-order valence-electron chi connectivity index (χ0n) is 13.3. The highest BCUT2D eigenvalue weighted by Crippen LogP contribution is 2.17. The number of benzene rings is 1. The Bertz CT molecular complexity index is 593. The molecule has 2 amide bonds. The first-order valence-corrected chi connectivity index (χ1v) is 7.96. The Morgan fingerprint density at radius 3 is 2.70 bits per heavy atom. The van der Waals surface area contributed by atoms with Crippen LogP contribution in [0.3, 0.4) is 0 Å². The zero-order chi connectivity index (χ0) is 16.7. The maximum Gasteiger partial charge on any atom is 0.271 e. The molecule has 0 spiro atoms. The van der Waals surface area contributed by atoms with E-state index in [1.165, 1.54) is 18.6 Å². The molecule has 0 aliphatic heterocycles. The molecule has 0 aromatic heterocycles. The smallest absolute Gasteiger partial charge is 0.271 e. The van der Waals surface area contributed by atoms with Crippen molar-refractivity contribution in [2.45, 2.75) is 51.5 Å². The summed E-state index contributed by atoms with van der Waals surface area (Å²) in [6.07, 6.45) is 5.81. The van der Waals surface area contributed by atoms with Gasteiger partial charge in [-0.1, -0.05) is 25.3 Å². The van der Waals surface area contributed by atoms with Gasteiger partial charge in [0.15, 0.2) is 0 Å². The first kappa shape index (κ1) is 17.0. The maximum absolute atomic E-state index is 11.9. The van der Waals surface area contributed by atoms with E-state index in [2.05, 4.69) is 15.8 Å². The average Bonchev–Trinajstić information content (AvgIpc) is 2.53. The molecular weight excluding hydrogens is 294 g/mol. The largest absolute Gasteiger partial charge is 0.508 e. The van der Waals surface area contributed by atoms with E-state index in [9.17, 15) is 14.7 Å². The van der Waals surface area contributed by atoms with Gasteiger partial charge in [-0.05, 0) is 38.0 Å². The fraction of sp³-hybridized carbons (Fsp3) is 0.471. The standard InChI is InChI=1S/C17H23N3O3/c1-12(10-16(22)18-14-7-3-2-4-8-14)19-20-17(23)13-6-5-9-15(21)11-13/h5-6,9,11,14,21H,2-4,7-8,10H2,1H3,(H,18,22)(H,20,23)/b19-12-. The fourth-order valence-electron chi connectivity index (χ4n) is 2.66. The van der Waals surface area contributed by atoms with E-state index in [1.807, 2.05) is 0 Å². The van der Waals surface area contributed by atoms with Crippen LogP contribution in [0.5, 0.6) is 5.75 Å². The topological polar surface area (TPSA) is 90.8 Å². The Morgan fingerprint density at radius 1 is 1.26 bits per heavy atom. The zero-order valence-corrected chi connectivity index (χ0v) is 13.3. The Hall–Kier alpha value is -2.37. The molecule has 1 saturated carbocycles. The van der Waals surface area contributed by atoms with E-state index in [0.717, 1.165) is 25.7 Å². The van der Waals surface area contributed by atoms with Crippen molar-refractivity contribution in [3.8, 4) is 5.75 Å². The van der Waals surface area contributed by atoms with Gasteiger partial charge in [-0.15, -0.1) is 0 Å². The van der Waals surface area contributed by atoms with E-state index in [0.29, 0.717) is 11.3 Å². The Morgan fingerprint density at radius 2 is 2.00 bits per heavy atom. The number of carbonyl (C=O) groups excluding carboxylic acids is 2. The molecule has 0 heterocycles. The average molecular weight is 317 g/mol. The van der Waals surface area contributed by atoms with Gasteiger partial charge in [-0.3, -0.25) is 9.59 Å². The van der Waals surface area contributed by atoms with E-state index in [4.69, 9.17) is 0 Å². The van der Waals surface area contributed by atoms with Crippen LogP contribution < -0.4 is 10.7 Å². The predicted molar refractivity (Wildman–Crippen MR) is 88.3 cm³/mol. The highest BCUT2D eigenvalue weighted by atomic mass is 16.3. The molecule has 6 heteroatoms. The van der Waals surface area contributed by atoms with Gasteiger partial charge in [0.05, 0.1) is 6.42 Å². The number of phenols is 1. The second-order valence-corrected chi connectivity index (χ2v) is 5.92. The van der Waals surface area contributed by atoms with Crippen molar-refractivity contribution in [1.29, 1.82) is 0 Å². The first-order chi connectivity index (χ1) is 11.0. The van der Waals surface area contributed by atoms with Gasteiger partial charge >= 0.3 is 0 Å². The normalized spacial score (nSPS) is 16.0. The maximum atomic E-state index is 11.9. The lowest BCUT2D eigenvalue weighted by Crippen LogP contribution is -2.37. The van der Waals surface area contributed by atoms with Crippen LogP contribution in [0.15, 0.2) is 29.4 Å². The van der Waals surface area contributed by atoms with Crippen LogP contribution in [0.1, 0.15) is 55.8 Å². The third kappa shape index (κ3) is 5.73. The summed E-state index contributed by atoms with van der Waals surface area (Å²) in [6.45, 7) is 1.70. The van der Waals surface area contributed by atoms with Crippen LogP contribution in [0.25, 0.3) is 0 Å². The molecule has 3 N–H and O–H groups in total. The molecule has 6 nitrogen and oxygen atoms in total. The van der Waals surface area contributed by atoms with Gasteiger partial charge in [0, 0.05) is 17.3 Å². The van der Waals surface area contributed by atoms with Crippen molar-refractivity contribution in [3.63, 3.8) is 0 Å². The van der Waals surface area contributed by atoms with Crippen molar-refractivity contribution >= 4 is 17.5 Å². The minimum absolute atomic E-state index is 0.0187.